The van der Waals surface area contributed by atoms with E-state index >= 15 is 0 Å². The van der Waals surface area contributed by atoms with Crippen LogP contribution in [0.1, 0.15) is 6.42 Å². The van der Waals surface area contributed by atoms with Crippen molar-refractivity contribution >= 4 is 22.7 Å². The van der Waals surface area contributed by atoms with E-state index in [1.54, 1.807) is 17.8 Å². The van der Waals surface area contributed by atoms with E-state index in [9.17, 15) is 4.79 Å². The molecule has 1 N–H and O–H groups in total. The van der Waals surface area contributed by atoms with Gasteiger partial charge in [0.1, 0.15) is 0 Å². The maximum atomic E-state index is 11.4. The Kier molecular flexibility index (Phi) is 3.28. The molecule has 16 heavy (non-hydrogen) atoms. The summed E-state index contributed by atoms with van der Waals surface area (Å²) in [5.41, 5.74) is 0.743. The first-order chi connectivity index (χ1) is 7.81. The van der Waals surface area contributed by atoms with Gasteiger partial charge in [-0.05, 0) is 6.07 Å². The molecule has 2 aromatic rings. The number of nitrogens with zero attached hydrogens (tertiary/aromatic N) is 1. The maximum Gasteiger partial charge on any atom is 0.249 e. The lowest BCUT2D eigenvalue weighted by molar-refractivity contribution is 1.22. The van der Waals surface area contributed by atoms with Crippen LogP contribution in [0.15, 0.2) is 40.0 Å². The normalized spacial score (nSPS) is 10.2. The second-order valence-corrected chi connectivity index (χ2v) is 4.44. The summed E-state index contributed by atoms with van der Waals surface area (Å²) in [5.74, 6) is 0.712. The van der Waals surface area contributed by atoms with Crippen LogP contribution in [-0.4, -0.2) is 10.7 Å². The molecule has 4 heteroatoms. The topological polar surface area (TPSA) is 56.6 Å². The number of H-pyrrole nitrogens is 1. The van der Waals surface area contributed by atoms with E-state index in [4.69, 9.17) is 5.26 Å². The molecule has 1 aromatic carbocycles. The van der Waals surface area contributed by atoms with E-state index in [1.165, 1.54) is 0 Å². The van der Waals surface area contributed by atoms with Crippen molar-refractivity contribution in [3.8, 4) is 6.07 Å². The van der Waals surface area contributed by atoms with Crippen LogP contribution in [0.25, 0.3) is 10.9 Å². The zero-order chi connectivity index (χ0) is 11.4. The summed E-state index contributed by atoms with van der Waals surface area (Å²) >= 11 is 1.55. The Morgan fingerprint density at radius 1 is 1.38 bits per heavy atom. The third-order valence-electron chi connectivity index (χ3n) is 2.18. The highest BCUT2D eigenvalue weighted by Crippen LogP contribution is 2.25. The molecule has 0 amide bonds. The lowest BCUT2D eigenvalue weighted by atomic mass is 10.2. The number of thioether (sulfide) groups is 1. The van der Waals surface area contributed by atoms with Crippen molar-refractivity contribution in [1.29, 1.82) is 5.26 Å². The Balaban J connectivity index is 2.43. The molecule has 0 aliphatic heterocycles. The van der Waals surface area contributed by atoms with Gasteiger partial charge in [0.2, 0.25) is 5.56 Å². The Morgan fingerprint density at radius 2 is 2.19 bits per heavy atom. The van der Waals surface area contributed by atoms with E-state index in [-0.39, 0.29) is 5.56 Å². The number of fused-ring (bicyclic) bond motifs is 1. The van der Waals surface area contributed by atoms with Crippen LogP contribution >= 0.6 is 11.8 Å². The van der Waals surface area contributed by atoms with E-state index in [0.29, 0.717) is 12.2 Å². The highest BCUT2D eigenvalue weighted by Gasteiger charge is 2.02. The van der Waals surface area contributed by atoms with Crippen molar-refractivity contribution in [3.63, 3.8) is 0 Å². The third kappa shape index (κ3) is 2.26. The van der Waals surface area contributed by atoms with Crippen LogP contribution in [-0.2, 0) is 0 Å². The standard InChI is InChI=1S/C12H10N2OS/c13-6-3-7-16-11-8-12(15)14-10-5-2-1-4-9(10)11/h1-2,4-5,8H,3,7H2,(H,14,15). The van der Waals surface area contributed by atoms with Gasteiger partial charge in [0.15, 0.2) is 0 Å². The summed E-state index contributed by atoms with van der Waals surface area (Å²) in [5, 5.41) is 9.51. The van der Waals surface area contributed by atoms with Crippen molar-refractivity contribution < 1.29 is 0 Å². The molecular weight excluding hydrogens is 220 g/mol. The summed E-state index contributed by atoms with van der Waals surface area (Å²) in [6.07, 6.45) is 0.492. The third-order valence-corrected chi connectivity index (χ3v) is 3.24. The fraction of sp³-hybridized carbons (Fsp3) is 0.167. The number of rotatable bonds is 3. The van der Waals surface area contributed by atoms with Gasteiger partial charge in [0.25, 0.3) is 0 Å². The molecule has 0 radical (unpaired) electrons. The average Bonchev–Trinajstić information content (AvgIpc) is 2.29. The number of aromatic amines is 1. The predicted molar refractivity (Wildman–Crippen MR) is 65.5 cm³/mol. The summed E-state index contributed by atoms with van der Waals surface area (Å²) in [7, 11) is 0. The molecule has 0 saturated carbocycles. The maximum absolute atomic E-state index is 11.4. The van der Waals surface area contributed by atoms with Gasteiger partial charge in [-0.1, -0.05) is 18.2 Å². The van der Waals surface area contributed by atoms with Gasteiger partial charge in [0, 0.05) is 34.0 Å². The summed E-state index contributed by atoms with van der Waals surface area (Å²) in [6.45, 7) is 0. The minimum atomic E-state index is -0.0989. The molecule has 0 aliphatic carbocycles. The molecule has 0 bridgehead atoms. The molecule has 1 heterocycles. The lowest BCUT2D eigenvalue weighted by Gasteiger charge is -2.03. The van der Waals surface area contributed by atoms with Crippen molar-refractivity contribution in [2.75, 3.05) is 5.75 Å². The first-order valence-electron chi connectivity index (χ1n) is 4.93. The number of para-hydroxylation sites is 1. The first-order valence-corrected chi connectivity index (χ1v) is 5.91. The van der Waals surface area contributed by atoms with Crippen molar-refractivity contribution in [3.05, 3.63) is 40.7 Å². The van der Waals surface area contributed by atoms with E-state index in [0.717, 1.165) is 15.8 Å². The molecule has 0 atom stereocenters. The molecule has 80 valence electrons. The average molecular weight is 230 g/mol. The fourth-order valence-electron chi connectivity index (χ4n) is 1.50. The first kappa shape index (κ1) is 10.8. The van der Waals surface area contributed by atoms with E-state index < -0.39 is 0 Å². The van der Waals surface area contributed by atoms with Crippen LogP contribution < -0.4 is 5.56 Å². The number of nitrogens with one attached hydrogen (secondary N) is 1. The molecule has 1 aromatic heterocycles. The fourth-order valence-corrected chi connectivity index (χ4v) is 2.44. The van der Waals surface area contributed by atoms with Crippen LogP contribution in [0.5, 0.6) is 0 Å². The molecular formula is C12H10N2OS. The monoisotopic (exact) mass is 230 g/mol. The molecule has 3 nitrogen and oxygen atoms in total. The van der Waals surface area contributed by atoms with Gasteiger partial charge in [-0.15, -0.1) is 11.8 Å². The Morgan fingerprint density at radius 3 is 3.00 bits per heavy atom. The number of nitriles is 1. The molecule has 0 saturated heterocycles. The minimum Gasteiger partial charge on any atom is -0.322 e. The number of benzene rings is 1. The summed E-state index contributed by atoms with van der Waals surface area (Å²) < 4.78 is 0. The quantitative estimate of drug-likeness (QED) is 0.651. The van der Waals surface area contributed by atoms with Crippen molar-refractivity contribution in [2.45, 2.75) is 11.3 Å². The summed E-state index contributed by atoms with van der Waals surface area (Å²) in [6, 6.07) is 11.4. The summed E-state index contributed by atoms with van der Waals surface area (Å²) in [4.78, 5) is 15.1. The van der Waals surface area contributed by atoms with Gasteiger partial charge in [-0.3, -0.25) is 4.79 Å². The van der Waals surface area contributed by atoms with Crippen LogP contribution in [0.3, 0.4) is 0 Å². The van der Waals surface area contributed by atoms with Crippen LogP contribution in [0, 0.1) is 11.3 Å². The molecule has 2 rings (SSSR count). The zero-order valence-corrected chi connectivity index (χ0v) is 9.38. The lowest BCUT2D eigenvalue weighted by Crippen LogP contribution is -2.04. The number of pyridine rings is 1. The Bertz CT molecular complexity index is 598. The van der Waals surface area contributed by atoms with E-state index in [2.05, 4.69) is 11.1 Å². The van der Waals surface area contributed by atoms with Crippen LogP contribution in [0.4, 0.5) is 0 Å². The Hall–Kier alpha value is -1.73. The molecule has 0 unspecified atom stereocenters. The van der Waals surface area contributed by atoms with Gasteiger partial charge in [-0.2, -0.15) is 5.26 Å². The number of hydrogen-bond donors (Lipinski definition) is 1. The number of hydrogen-bond acceptors (Lipinski definition) is 3. The number of aromatic nitrogens is 1. The van der Waals surface area contributed by atoms with Gasteiger partial charge in [0.05, 0.1) is 6.07 Å². The minimum absolute atomic E-state index is 0.0989. The van der Waals surface area contributed by atoms with Gasteiger partial charge < -0.3 is 4.98 Å². The smallest absolute Gasteiger partial charge is 0.249 e. The highest BCUT2D eigenvalue weighted by molar-refractivity contribution is 7.99. The van der Waals surface area contributed by atoms with Crippen molar-refractivity contribution in [1.82, 2.24) is 4.98 Å². The molecule has 0 aliphatic rings. The second-order valence-electron chi connectivity index (χ2n) is 3.30. The molecule has 0 spiro atoms. The molecule has 0 fully saturated rings. The Labute approximate surface area is 97.1 Å². The van der Waals surface area contributed by atoms with Gasteiger partial charge >= 0.3 is 0 Å². The zero-order valence-electron chi connectivity index (χ0n) is 8.56. The SMILES string of the molecule is N#CCCSc1cc(=O)[nH]c2ccccc12. The second kappa shape index (κ2) is 4.86. The van der Waals surface area contributed by atoms with Crippen molar-refractivity contribution in [2.24, 2.45) is 0 Å². The highest BCUT2D eigenvalue weighted by atomic mass is 32.2. The largest absolute Gasteiger partial charge is 0.322 e. The van der Waals surface area contributed by atoms with E-state index in [1.807, 2.05) is 24.3 Å². The van der Waals surface area contributed by atoms with Gasteiger partial charge in [-0.25, -0.2) is 0 Å². The predicted octanol–water partition coefficient (Wildman–Crippen LogP) is 2.53. The van der Waals surface area contributed by atoms with Crippen LogP contribution in [0.2, 0.25) is 0 Å².